The number of Topliss-reactive ketones (excluding diaryl/α,β-unsaturated/α-hetero) is 1. The molecule has 1 atom stereocenters. The second kappa shape index (κ2) is 6.50. The Morgan fingerprint density at radius 2 is 2.18 bits per heavy atom. The number of nitrogens with zero attached hydrogens (tertiary/aromatic N) is 1. The SMILES string of the molecule is CSC(C)CCn1c(C)cc(C(=O)CCl)c1C. The van der Waals surface area contributed by atoms with Gasteiger partial charge in [-0.05, 0) is 32.6 Å². The van der Waals surface area contributed by atoms with Crippen LogP contribution in [0.25, 0.3) is 0 Å². The maximum atomic E-state index is 11.6. The standard InChI is InChI=1S/C13H20ClNOS/c1-9-7-12(13(16)8-14)11(3)15(9)6-5-10(2)17-4/h7,10H,5-6,8H2,1-4H3. The zero-order valence-corrected chi connectivity index (χ0v) is 12.5. The van der Waals surface area contributed by atoms with E-state index in [-0.39, 0.29) is 11.7 Å². The molecule has 0 N–H and O–H groups in total. The molecule has 1 heterocycles. The number of alkyl halides is 1. The molecule has 17 heavy (non-hydrogen) atoms. The van der Waals surface area contributed by atoms with Crippen LogP contribution in [0.2, 0.25) is 0 Å². The molecule has 0 spiro atoms. The summed E-state index contributed by atoms with van der Waals surface area (Å²) in [5.41, 5.74) is 2.96. The van der Waals surface area contributed by atoms with Gasteiger partial charge in [0.1, 0.15) is 0 Å². The molecule has 96 valence electrons. The van der Waals surface area contributed by atoms with Gasteiger partial charge in [0.15, 0.2) is 5.78 Å². The molecule has 4 heteroatoms. The third-order valence-electron chi connectivity index (χ3n) is 3.16. The molecule has 1 aromatic heterocycles. The Hall–Kier alpha value is -0.410. The molecule has 0 bridgehead atoms. The summed E-state index contributed by atoms with van der Waals surface area (Å²) in [6, 6.07) is 1.95. The quantitative estimate of drug-likeness (QED) is 0.583. The maximum Gasteiger partial charge on any atom is 0.179 e. The van der Waals surface area contributed by atoms with Gasteiger partial charge in [-0.3, -0.25) is 4.79 Å². The molecule has 0 fully saturated rings. The molecule has 0 aliphatic rings. The molecule has 0 amide bonds. The van der Waals surface area contributed by atoms with Crippen LogP contribution in [0.4, 0.5) is 0 Å². The Kier molecular flexibility index (Phi) is 5.60. The summed E-state index contributed by atoms with van der Waals surface area (Å²) in [6.45, 7) is 7.23. The van der Waals surface area contributed by atoms with Crippen molar-refractivity contribution in [1.29, 1.82) is 0 Å². The van der Waals surface area contributed by atoms with Crippen molar-refractivity contribution in [1.82, 2.24) is 4.57 Å². The predicted molar refractivity (Wildman–Crippen MR) is 76.6 cm³/mol. The molecule has 2 nitrogen and oxygen atoms in total. The second-order valence-corrected chi connectivity index (χ2v) is 5.87. The summed E-state index contributed by atoms with van der Waals surface area (Å²) in [4.78, 5) is 11.6. The summed E-state index contributed by atoms with van der Waals surface area (Å²) >= 11 is 7.48. The largest absolute Gasteiger partial charge is 0.348 e. The van der Waals surface area contributed by atoms with Crippen LogP contribution >= 0.6 is 23.4 Å². The fourth-order valence-electron chi connectivity index (χ4n) is 1.93. The van der Waals surface area contributed by atoms with Crippen molar-refractivity contribution in [2.45, 2.75) is 39.0 Å². The molecular formula is C13H20ClNOS. The van der Waals surface area contributed by atoms with E-state index in [2.05, 4.69) is 17.7 Å². The van der Waals surface area contributed by atoms with Gasteiger partial charge in [0.05, 0.1) is 5.88 Å². The molecule has 1 rings (SSSR count). The first-order chi connectivity index (χ1) is 8.01. The molecule has 0 saturated heterocycles. The summed E-state index contributed by atoms with van der Waals surface area (Å²) in [7, 11) is 0. The lowest BCUT2D eigenvalue weighted by atomic mass is 10.2. The molecule has 0 radical (unpaired) electrons. The number of rotatable bonds is 6. The summed E-state index contributed by atoms with van der Waals surface area (Å²) in [5, 5.41) is 0.642. The van der Waals surface area contributed by atoms with E-state index in [0.29, 0.717) is 5.25 Å². The molecular weight excluding hydrogens is 254 g/mol. The molecule has 0 aromatic carbocycles. The van der Waals surface area contributed by atoms with Crippen LogP contribution in [0.15, 0.2) is 6.07 Å². The number of hydrogen-bond donors (Lipinski definition) is 0. The van der Waals surface area contributed by atoms with Gasteiger partial charge in [0.25, 0.3) is 0 Å². The molecule has 0 aliphatic heterocycles. The lowest BCUT2D eigenvalue weighted by Crippen LogP contribution is -2.09. The smallest absolute Gasteiger partial charge is 0.179 e. The number of thioether (sulfide) groups is 1. The van der Waals surface area contributed by atoms with E-state index in [0.717, 1.165) is 29.9 Å². The lowest BCUT2D eigenvalue weighted by Gasteiger charge is -2.12. The van der Waals surface area contributed by atoms with Crippen molar-refractivity contribution >= 4 is 29.1 Å². The van der Waals surface area contributed by atoms with Gasteiger partial charge in [-0.1, -0.05) is 6.92 Å². The second-order valence-electron chi connectivity index (χ2n) is 4.33. The van der Waals surface area contributed by atoms with Gasteiger partial charge in [-0.2, -0.15) is 11.8 Å². The Labute approximate surface area is 113 Å². The van der Waals surface area contributed by atoms with Crippen molar-refractivity contribution in [2.75, 3.05) is 12.1 Å². The Morgan fingerprint density at radius 3 is 2.71 bits per heavy atom. The fraction of sp³-hybridized carbons (Fsp3) is 0.615. The number of carbonyl (C=O) groups excluding carboxylic acids is 1. The monoisotopic (exact) mass is 273 g/mol. The minimum absolute atomic E-state index is 0.0175. The minimum Gasteiger partial charge on any atom is -0.348 e. The van der Waals surface area contributed by atoms with Crippen LogP contribution < -0.4 is 0 Å². The normalized spacial score (nSPS) is 12.8. The van der Waals surface area contributed by atoms with Gasteiger partial charge in [-0.25, -0.2) is 0 Å². The maximum absolute atomic E-state index is 11.6. The Balaban J connectivity index is 2.86. The minimum atomic E-state index is 0.0175. The molecule has 1 unspecified atom stereocenters. The van der Waals surface area contributed by atoms with Crippen LogP contribution in [0, 0.1) is 13.8 Å². The van der Waals surface area contributed by atoms with Crippen molar-refractivity contribution < 1.29 is 4.79 Å². The van der Waals surface area contributed by atoms with Gasteiger partial charge in [-0.15, -0.1) is 11.6 Å². The third-order valence-corrected chi connectivity index (χ3v) is 4.44. The Bertz CT molecular complexity index is 400. The predicted octanol–water partition coefficient (Wildman–Crippen LogP) is 3.67. The van der Waals surface area contributed by atoms with E-state index in [1.165, 1.54) is 0 Å². The highest BCUT2D eigenvalue weighted by Gasteiger charge is 2.14. The third kappa shape index (κ3) is 3.52. The van der Waals surface area contributed by atoms with E-state index in [4.69, 9.17) is 11.6 Å². The van der Waals surface area contributed by atoms with Gasteiger partial charge < -0.3 is 4.57 Å². The average Bonchev–Trinajstić information content (AvgIpc) is 2.61. The van der Waals surface area contributed by atoms with Crippen molar-refractivity contribution in [3.05, 3.63) is 23.0 Å². The van der Waals surface area contributed by atoms with E-state index in [1.54, 1.807) is 0 Å². The van der Waals surface area contributed by atoms with Crippen molar-refractivity contribution in [3.8, 4) is 0 Å². The fourth-order valence-corrected chi connectivity index (χ4v) is 2.41. The highest BCUT2D eigenvalue weighted by molar-refractivity contribution is 7.99. The molecule has 1 aromatic rings. The number of hydrogen-bond acceptors (Lipinski definition) is 2. The number of aryl methyl sites for hydroxylation is 1. The number of carbonyl (C=O) groups is 1. The summed E-state index contributed by atoms with van der Waals surface area (Å²) < 4.78 is 2.21. The van der Waals surface area contributed by atoms with Crippen molar-refractivity contribution in [2.24, 2.45) is 0 Å². The lowest BCUT2D eigenvalue weighted by molar-refractivity contribution is 0.102. The van der Waals surface area contributed by atoms with Gasteiger partial charge in [0, 0.05) is 28.7 Å². The molecule has 0 saturated carbocycles. The van der Waals surface area contributed by atoms with Crippen LogP contribution in [-0.2, 0) is 6.54 Å². The topological polar surface area (TPSA) is 22.0 Å². The van der Waals surface area contributed by atoms with Crippen LogP contribution in [0.3, 0.4) is 0 Å². The van der Waals surface area contributed by atoms with Crippen LogP contribution in [-0.4, -0.2) is 27.7 Å². The Morgan fingerprint density at radius 1 is 1.53 bits per heavy atom. The van der Waals surface area contributed by atoms with Crippen LogP contribution in [0.5, 0.6) is 0 Å². The zero-order valence-electron chi connectivity index (χ0n) is 10.9. The average molecular weight is 274 g/mol. The van der Waals surface area contributed by atoms with Gasteiger partial charge >= 0.3 is 0 Å². The van der Waals surface area contributed by atoms with E-state index in [1.807, 2.05) is 31.7 Å². The van der Waals surface area contributed by atoms with Gasteiger partial charge in [0.2, 0.25) is 0 Å². The number of ketones is 1. The first-order valence-electron chi connectivity index (χ1n) is 5.80. The van der Waals surface area contributed by atoms with E-state index < -0.39 is 0 Å². The number of aromatic nitrogens is 1. The first-order valence-corrected chi connectivity index (χ1v) is 7.62. The summed E-state index contributed by atoms with van der Waals surface area (Å²) in [5.74, 6) is 0.0785. The highest BCUT2D eigenvalue weighted by atomic mass is 35.5. The zero-order chi connectivity index (χ0) is 13.0. The number of halogens is 1. The highest BCUT2D eigenvalue weighted by Crippen LogP contribution is 2.19. The summed E-state index contributed by atoms with van der Waals surface area (Å²) in [6.07, 6.45) is 3.24. The van der Waals surface area contributed by atoms with E-state index in [9.17, 15) is 4.79 Å². The first kappa shape index (κ1) is 14.7. The van der Waals surface area contributed by atoms with Crippen LogP contribution in [0.1, 0.15) is 35.1 Å². The van der Waals surface area contributed by atoms with E-state index >= 15 is 0 Å². The van der Waals surface area contributed by atoms with Crippen molar-refractivity contribution in [3.63, 3.8) is 0 Å². The molecule has 0 aliphatic carbocycles.